The van der Waals surface area contributed by atoms with Crippen LogP contribution in [0, 0.1) is 11.7 Å². The molecule has 5 rings (SSSR count). The zero-order valence-corrected chi connectivity index (χ0v) is 24.2. The number of ether oxygens (including phenoxy) is 2. The van der Waals surface area contributed by atoms with Gasteiger partial charge in [-0.2, -0.15) is 5.10 Å². The van der Waals surface area contributed by atoms with Crippen LogP contribution < -0.4 is 4.74 Å². The highest BCUT2D eigenvalue weighted by molar-refractivity contribution is 5.72. The quantitative estimate of drug-likeness (QED) is 0.413. The first-order valence-corrected chi connectivity index (χ1v) is 13.6. The Kier molecular flexibility index (Phi) is 7.80. The maximum Gasteiger partial charge on any atom is 0.410 e. The number of alkyl halides is 1. The summed E-state index contributed by atoms with van der Waals surface area (Å²) in [6.07, 6.45) is 4.73. The van der Waals surface area contributed by atoms with Gasteiger partial charge in [0.1, 0.15) is 52.5 Å². The van der Waals surface area contributed by atoms with Crippen molar-refractivity contribution in [2.45, 2.75) is 58.4 Å². The number of nitrogens with zero attached hydrogens (tertiary/aromatic N) is 7. The molecule has 42 heavy (non-hydrogen) atoms. The molecule has 1 amide bonds. The molecule has 0 bridgehead atoms. The average molecular weight is 583 g/mol. The summed E-state index contributed by atoms with van der Waals surface area (Å²) in [6, 6.07) is 6.17. The van der Waals surface area contributed by atoms with Crippen molar-refractivity contribution in [2.24, 2.45) is 16.3 Å². The van der Waals surface area contributed by atoms with Crippen molar-refractivity contribution < 1.29 is 32.8 Å². The van der Waals surface area contributed by atoms with Gasteiger partial charge in [-0.15, -0.1) is 4.68 Å². The molecule has 0 saturated carbocycles. The van der Waals surface area contributed by atoms with E-state index in [1.54, 1.807) is 60.7 Å². The topological polar surface area (TPSA) is 117 Å². The lowest BCUT2D eigenvalue weighted by atomic mass is 9.96. The highest BCUT2D eigenvalue weighted by Crippen LogP contribution is 2.32. The van der Waals surface area contributed by atoms with E-state index in [0.717, 1.165) is 6.20 Å². The van der Waals surface area contributed by atoms with Gasteiger partial charge in [0.25, 0.3) is 5.70 Å². The van der Waals surface area contributed by atoms with Gasteiger partial charge in [0, 0.05) is 19.7 Å². The number of pyridine rings is 2. The van der Waals surface area contributed by atoms with E-state index in [2.05, 4.69) is 20.4 Å². The molecule has 0 spiro atoms. The number of carbonyl (C=O) groups excluding carboxylic acids is 1. The van der Waals surface area contributed by atoms with Gasteiger partial charge in [0.2, 0.25) is 0 Å². The number of aromatic nitrogens is 3. The van der Waals surface area contributed by atoms with Crippen molar-refractivity contribution in [1.82, 2.24) is 19.5 Å². The van der Waals surface area contributed by atoms with Crippen LogP contribution in [0.2, 0.25) is 0 Å². The number of piperidine rings is 1. The van der Waals surface area contributed by atoms with Crippen LogP contribution in [0.5, 0.6) is 5.75 Å². The zero-order valence-electron chi connectivity index (χ0n) is 24.2. The summed E-state index contributed by atoms with van der Waals surface area (Å²) < 4.78 is 43.0. The minimum atomic E-state index is -1.49. The van der Waals surface area contributed by atoms with Gasteiger partial charge in [-0.25, -0.2) is 18.1 Å². The van der Waals surface area contributed by atoms with E-state index in [-0.39, 0.29) is 18.8 Å². The molecule has 1 N–H and O–H groups in total. The third kappa shape index (κ3) is 6.30. The van der Waals surface area contributed by atoms with Gasteiger partial charge in [-0.05, 0) is 58.4 Å². The normalized spacial score (nSPS) is 21.7. The summed E-state index contributed by atoms with van der Waals surface area (Å²) in [4.78, 5) is 17.7. The molecule has 222 valence electrons. The second-order valence-electron chi connectivity index (χ2n) is 11.7. The van der Waals surface area contributed by atoms with Crippen LogP contribution >= 0.6 is 0 Å². The van der Waals surface area contributed by atoms with Crippen molar-refractivity contribution in [2.75, 3.05) is 19.7 Å². The number of hydrogen-bond donors (Lipinski definition) is 1. The molecule has 2 aliphatic heterocycles. The summed E-state index contributed by atoms with van der Waals surface area (Å²) in [5.41, 5.74) is 0.656. The lowest BCUT2D eigenvalue weighted by molar-refractivity contribution is -0.480. The lowest BCUT2D eigenvalue weighted by Crippen LogP contribution is -2.47. The second kappa shape index (κ2) is 11.2. The number of fused-ring (bicyclic) bond motifs is 1. The first-order chi connectivity index (χ1) is 19.8. The van der Waals surface area contributed by atoms with E-state index in [9.17, 15) is 14.3 Å². The van der Waals surface area contributed by atoms with Crippen LogP contribution in [0.4, 0.5) is 13.6 Å². The molecule has 0 aliphatic carbocycles. The fourth-order valence-electron chi connectivity index (χ4n) is 4.74. The van der Waals surface area contributed by atoms with Crippen LogP contribution in [0.3, 0.4) is 0 Å². The number of rotatable bonds is 6. The molecule has 3 atom stereocenters. The van der Waals surface area contributed by atoms with E-state index in [1.165, 1.54) is 24.0 Å². The lowest BCUT2D eigenvalue weighted by Gasteiger charge is -2.33. The van der Waals surface area contributed by atoms with Crippen molar-refractivity contribution in [3.05, 3.63) is 65.6 Å². The molecule has 3 aromatic heterocycles. The van der Waals surface area contributed by atoms with Crippen LogP contribution in [-0.2, 0) is 10.3 Å². The van der Waals surface area contributed by atoms with E-state index in [4.69, 9.17) is 9.47 Å². The molecule has 13 heteroatoms. The smallest absolute Gasteiger partial charge is 0.410 e. The SMILES string of the molecule is CC1=C(c2cc(OCC(C)(O)c3ccc(F)cn3)c3ccnn3c2)N=N/[N+]1=C/C1CCN(C(=O)OC(C)(C)C)C[C@H]1F. The molecule has 0 radical (unpaired) electrons. The predicted octanol–water partition coefficient (Wildman–Crippen LogP) is 4.90. The fraction of sp³-hybridized carbons (Fsp3) is 0.448. The van der Waals surface area contributed by atoms with Gasteiger partial charge in [0.05, 0.1) is 41.2 Å². The molecular weight excluding hydrogens is 548 g/mol. The molecule has 11 nitrogen and oxygen atoms in total. The van der Waals surface area contributed by atoms with Gasteiger partial charge >= 0.3 is 6.09 Å². The number of halogens is 2. The Bertz CT molecular complexity index is 1570. The molecule has 0 aromatic carbocycles. The highest BCUT2D eigenvalue weighted by atomic mass is 19.1. The Balaban J connectivity index is 1.34. The average Bonchev–Trinajstić information content (AvgIpc) is 3.54. The van der Waals surface area contributed by atoms with E-state index >= 15 is 4.39 Å². The Labute approximate surface area is 241 Å². The van der Waals surface area contributed by atoms with Crippen molar-refractivity contribution >= 4 is 23.5 Å². The maximum absolute atomic E-state index is 15.1. The third-order valence-corrected chi connectivity index (χ3v) is 7.04. The number of hydrogen-bond acceptors (Lipinski definition) is 8. The Hall–Kier alpha value is -4.26. The second-order valence-corrected chi connectivity index (χ2v) is 11.7. The third-order valence-electron chi connectivity index (χ3n) is 7.04. The number of amides is 1. The molecule has 1 fully saturated rings. The molecule has 1 saturated heterocycles. The molecule has 2 unspecified atom stereocenters. The number of allylic oxidation sites excluding steroid dienone is 1. The van der Waals surface area contributed by atoms with Gasteiger partial charge < -0.3 is 19.5 Å². The summed E-state index contributed by atoms with van der Waals surface area (Å²) in [6.45, 7) is 8.83. The van der Waals surface area contributed by atoms with Crippen LogP contribution in [0.15, 0.2) is 58.9 Å². The molecule has 2 aliphatic rings. The Morgan fingerprint density at radius 1 is 1.26 bits per heavy atom. The predicted molar refractivity (Wildman–Crippen MR) is 149 cm³/mol. The zero-order chi connectivity index (χ0) is 30.2. The van der Waals surface area contributed by atoms with Gasteiger partial charge in [-0.3, -0.25) is 4.98 Å². The molecular formula is C29H34F2N7O4+. The summed E-state index contributed by atoms with van der Waals surface area (Å²) in [5, 5.41) is 23.9. The fourth-order valence-corrected chi connectivity index (χ4v) is 4.74. The van der Waals surface area contributed by atoms with E-state index < -0.39 is 35.2 Å². The summed E-state index contributed by atoms with van der Waals surface area (Å²) >= 11 is 0. The van der Waals surface area contributed by atoms with E-state index in [1.807, 2.05) is 6.92 Å². The van der Waals surface area contributed by atoms with Crippen LogP contribution in [0.1, 0.15) is 52.3 Å². The Morgan fingerprint density at radius 3 is 2.74 bits per heavy atom. The summed E-state index contributed by atoms with van der Waals surface area (Å²) in [5.74, 6) is -0.534. The monoisotopic (exact) mass is 582 g/mol. The standard InChI is InChI=1S/C29H34F2N7O4/c1-18-26(34-35-37(18)14-19-9-11-36(16-22(19)31)27(39)42-28(2,3)4)20-12-24(23-8-10-33-38(23)15-20)41-17-29(5,40)25-7-6-21(30)13-32-25/h6-8,10,12-15,19,22,40H,9,11,16-17H2,1-5H3/q+1/b37-14+/t19?,22-,29?/m1/s1. The first-order valence-electron chi connectivity index (χ1n) is 13.6. The number of likely N-dealkylation sites (tertiary alicyclic amines) is 1. The molecule has 5 heterocycles. The minimum absolute atomic E-state index is 0.0649. The van der Waals surface area contributed by atoms with Crippen LogP contribution in [-0.4, -0.2) is 73.1 Å². The van der Waals surface area contributed by atoms with E-state index in [0.29, 0.717) is 41.2 Å². The number of carbonyl (C=O) groups is 1. The van der Waals surface area contributed by atoms with Crippen molar-refractivity contribution in [3.63, 3.8) is 0 Å². The van der Waals surface area contributed by atoms with Gasteiger partial charge in [-0.1, -0.05) is 0 Å². The summed E-state index contributed by atoms with van der Waals surface area (Å²) in [7, 11) is 0. The minimum Gasteiger partial charge on any atom is -0.488 e. The highest BCUT2D eigenvalue weighted by Gasteiger charge is 2.36. The van der Waals surface area contributed by atoms with Crippen molar-refractivity contribution in [3.8, 4) is 5.75 Å². The maximum atomic E-state index is 15.1. The van der Waals surface area contributed by atoms with Gasteiger partial charge in [0.15, 0.2) is 5.70 Å². The van der Waals surface area contributed by atoms with Crippen LogP contribution in [0.25, 0.3) is 11.2 Å². The Morgan fingerprint density at radius 2 is 2.05 bits per heavy atom. The largest absolute Gasteiger partial charge is 0.488 e. The molecule has 3 aromatic rings. The van der Waals surface area contributed by atoms with Crippen molar-refractivity contribution in [1.29, 1.82) is 0 Å². The first kappa shape index (κ1) is 29.2. The number of aliphatic hydroxyl groups is 1.